The van der Waals surface area contributed by atoms with Crippen LogP contribution in [0.3, 0.4) is 0 Å². The van der Waals surface area contributed by atoms with Crippen LogP contribution in [0.4, 0.5) is 20.3 Å². The van der Waals surface area contributed by atoms with Crippen molar-refractivity contribution < 1.29 is 17.2 Å². The number of aromatic nitrogens is 4. The van der Waals surface area contributed by atoms with E-state index in [0.717, 1.165) is 29.8 Å². The van der Waals surface area contributed by atoms with Crippen LogP contribution in [0.5, 0.6) is 0 Å². The van der Waals surface area contributed by atoms with Crippen LogP contribution in [0.25, 0.3) is 5.65 Å². The fourth-order valence-corrected chi connectivity index (χ4v) is 3.82. The Bertz CT molecular complexity index is 1270. The van der Waals surface area contributed by atoms with Crippen LogP contribution >= 0.6 is 0 Å². The van der Waals surface area contributed by atoms with Gasteiger partial charge in [0.25, 0.3) is 10.0 Å². The van der Waals surface area contributed by atoms with E-state index in [2.05, 4.69) is 25.2 Å². The van der Waals surface area contributed by atoms with Gasteiger partial charge in [0, 0.05) is 31.4 Å². The highest BCUT2D eigenvalue weighted by molar-refractivity contribution is 7.92. The zero-order chi connectivity index (χ0) is 21.1. The Morgan fingerprint density at radius 1 is 1.00 bits per heavy atom. The van der Waals surface area contributed by atoms with Gasteiger partial charge in [-0.3, -0.25) is 9.12 Å². The maximum absolute atomic E-state index is 13.3. The van der Waals surface area contributed by atoms with Gasteiger partial charge >= 0.3 is 0 Å². The second-order valence-corrected chi connectivity index (χ2v) is 8.05. The van der Waals surface area contributed by atoms with Gasteiger partial charge in [-0.05, 0) is 36.4 Å². The number of fused-ring (bicyclic) bond motifs is 1. The van der Waals surface area contributed by atoms with Crippen molar-refractivity contribution in [1.82, 2.24) is 19.6 Å². The second-order valence-electron chi connectivity index (χ2n) is 6.36. The molecule has 3 aromatic heterocycles. The molecule has 4 rings (SSSR count). The lowest BCUT2D eigenvalue weighted by atomic mass is 10.3. The molecule has 0 fully saturated rings. The summed E-state index contributed by atoms with van der Waals surface area (Å²) in [6.45, 7) is 0.510. The predicted molar refractivity (Wildman–Crippen MR) is 107 cm³/mol. The molecule has 3 heterocycles. The molecule has 11 heteroatoms. The molecule has 0 saturated carbocycles. The fourth-order valence-electron chi connectivity index (χ4n) is 2.83. The van der Waals surface area contributed by atoms with Gasteiger partial charge in [0.05, 0.1) is 5.69 Å². The van der Waals surface area contributed by atoms with Gasteiger partial charge in [0.2, 0.25) is 0 Å². The molecule has 30 heavy (non-hydrogen) atoms. The van der Waals surface area contributed by atoms with Gasteiger partial charge in [-0.2, -0.15) is 0 Å². The number of halogens is 2. The summed E-state index contributed by atoms with van der Waals surface area (Å²) in [7, 11) is -4.04. The number of sulfonamides is 1. The Balaban J connectivity index is 1.39. The highest BCUT2D eigenvalue weighted by atomic mass is 32.2. The van der Waals surface area contributed by atoms with E-state index in [1.54, 1.807) is 0 Å². The lowest BCUT2D eigenvalue weighted by Crippen LogP contribution is -2.14. The minimum absolute atomic E-state index is 0.138. The number of pyridine rings is 2. The normalized spacial score (nSPS) is 11.5. The molecule has 0 atom stereocenters. The molecule has 8 nitrogen and oxygen atoms in total. The van der Waals surface area contributed by atoms with Gasteiger partial charge < -0.3 is 5.32 Å². The van der Waals surface area contributed by atoms with Gasteiger partial charge in [-0.25, -0.2) is 22.2 Å². The third kappa shape index (κ3) is 4.35. The number of nitrogens with zero attached hydrogens (tertiary/aromatic N) is 4. The largest absolute Gasteiger partial charge is 0.370 e. The maximum atomic E-state index is 13.3. The molecule has 0 aliphatic rings. The Labute approximate surface area is 170 Å². The van der Waals surface area contributed by atoms with Gasteiger partial charge in [-0.15, -0.1) is 10.2 Å². The van der Waals surface area contributed by atoms with Crippen molar-refractivity contribution in [3.63, 3.8) is 0 Å². The molecule has 2 N–H and O–H groups in total. The SMILES string of the molecule is O=S(=O)(Nc1cc(F)cc(F)c1)c1ccc(NCCc2nnc3ccccn23)nc1. The zero-order valence-electron chi connectivity index (χ0n) is 15.5. The summed E-state index contributed by atoms with van der Waals surface area (Å²) < 4.78 is 55.3. The molecule has 0 aliphatic heterocycles. The standard InChI is InChI=1S/C19H16F2N6O2S/c20-13-9-14(21)11-15(10-13)26-30(28,29)16-4-5-17(23-12-16)22-7-6-19-25-24-18-3-1-2-8-27(18)19/h1-5,8-12,26H,6-7H2,(H,22,23). The lowest BCUT2D eigenvalue weighted by Gasteiger charge is -2.09. The Hall–Kier alpha value is -3.60. The molecule has 0 amide bonds. The molecule has 0 bridgehead atoms. The predicted octanol–water partition coefficient (Wildman–Crippen LogP) is 2.86. The van der Waals surface area contributed by atoms with Crippen LogP contribution in [-0.4, -0.2) is 34.5 Å². The molecule has 154 valence electrons. The average Bonchev–Trinajstić information content (AvgIpc) is 3.10. The summed E-state index contributed by atoms with van der Waals surface area (Å²) in [5, 5.41) is 11.3. The van der Waals surface area contributed by atoms with E-state index >= 15 is 0 Å². The molecule has 0 saturated heterocycles. The van der Waals surface area contributed by atoms with Crippen LogP contribution in [0.15, 0.2) is 65.8 Å². The summed E-state index contributed by atoms with van der Waals surface area (Å²) >= 11 is 0. The topological polar surface area (TPSA) is 101 Å². The Morgan fingerprint density at radius 2 is 1.80 bits per heavy atom. The number of anilines is 2. The summed E-state index contributed by atoms with van der Waals surface area (Å²) in [4.78, 5) is 3.94. The zero-order valence-corrected chi connectivity index (χ0v) is 16.3. The van der Waals surface area contributed by atoms with Crippen molar-refractivity contribution in [3.8, 4) is 0 Å². The third-order valence-electron chi connectivity index (χ3n) is 4.20. The van der Waals surface area contributed by atoms with E-state index in [9.17, 15) is 17.2 Å². The Kier molecular flexibility index (Phi) is 5.27. The fraction of sp³-hybridized carbons (Fsp3) is 0.105. The van der Waals surface area contributed by atoms with Crippen molar-refractivity contribution >= 4 is 27.2 Å². The minimum Gasteiger partial charge on any atom is -0.370 e. The molecule has 0 aliphatic carbocycles. The first-order chi connectivity index (χ1) is 14.4. The summed E-state index contributed by atoms with van der Waals surface area (Å²) in [5.74, 6) is -0.514. The van der Waals surface area contributed by atoms with E-state index in [0.29, 0.717) is 24.8 Å². The molecule has 0 unspecified atom stereocenters. The molecular formula is C19H16F2N6O2S. The summed E-state index contributed by atoms with van der Waals surface area (Å²) in [5.41, 5.74) is 0.543. The van der Waals surface area contributed by atoms with Crippen molar-refractivity contribution in [3.05, 3.63) is 78.4 Å². The average molecular weight is 430 g/mol. The number of hydrogen-bond acceptors (Lipinski definition) is 6. The first-order valence-electron chi connectivity index (χ1n) is 8.88. The van der Waals surface area contributed by atoms with Crippen molar-refractivity contribution in [1.29, 1.82) is 0 Å². The summed E-state index contributed by atoms with van der Waals surface area (Å²) in [6, 6.07) is 10.9. The minimum atomic E-state index is -4.04. The molecule has 0 radical (unpaired) electrons. The Morgan fingerprint density at radius 3 is 2.53 bits per heavy atom. The number of rotatable bonds is 7. The van der Waals surface area contributed by atoms with E-state index < -0.39 is 21.7 Å². The van der Waals surface area contributed by atoms with Gasteiger partial charge in [-0.1, -0.05) is 6.07 Å². The molecule has 4 aromatic rings. The molecule has 1 aromatic carbocycles. The number of benzene rings is 1. The van der Waals surface area contributed by atoms with Crippen LogP contribution in [0, 0.1) is 11.6 Å². The summed E-state index contributed by atoms with van der Waals surface area (Å²) in [6.07, 6.45) is 3.62. The van der Waals surface area contributed by atoms with Crippen molar-refractivity contribution in [2.75, 3.05) is 16.6 Å². The van der Waals surface area contributed by atoms with Crippen molar-refractivity contribution in [2.45, 2.75) is 11.3 Å². The first-order valence-corrected chi connectivity index (χ1v) is 10.4. The van der Waals surface area contributed by atoms with Crippen LogP contribution in [0.2, 0.25) is 0 Å². The van der Waals surface area contributed by atoms with E-state index in [-0.39, 0.29) is 10.6 Å². The highest BCUT2D eigenvalue weighted by Gasteiger charge is 2.16. The van der Waals surface area contributed by atoms with Crippen LogP contribution in [0.1, 0.15) is 5.82 Å². The number of nitrogens with one attached hydrogen (secondary N) is 2. The van der Waals surface area contributed by atoms with Crippen molar-refractivity contribution in [2.24, 2.45) is 0 Å². The van der Waals surface area contributed by atoms with E-state index in [1.807, 2.05) is 28.8 Å². The second kappa shape index (κ2) is 8.03. The van der Waals surface area contributed by atoms with Gasteiger partial charge in [0.1, 0.15) is 28.2 Å². The monoisotopic (exact) mass is 430 g/mol. The first kappa shape index (κ1) is 19.7. The quantitative estimate of drug-likeness (QED) is 0.468. The van der Waals surface area contributed by atoms with E-state index in [4.69, 9.17) is 0 Å². The molecular weight excluding hydrogens is 414 g/mol. The smallest absolute Gasteiger partial charge is 0.263 e. The van der Waals surface area contributed by atoms with E-state index in [1.165, 1.54) is 12.1 Å². The maximum Gasteiger partial charge on any atom is 0.263 e. The van der Waals surface area contributed by atoms with Crippen LogP contribution in [-0.2, 0) is 16.4 Å². The van der Waals surface area contributed by atoms with Gasteiger partial charge in [0.15, 0.2) is 5.65 Å². The number of hydrogen-bond donors (Lipinski definition) is 2. The third-order valence-corrected chi connectivity index (χ3v) is 5.57. The lowest BCUT2D eigenvalue weighted by molar-refractivity contribution is 0.584. The highest BCUT2D eigenvalue weighted by Crippen LogP contribution is 2.19. The molecule has 0 spiro atoms. The van der Waals surface area contributed by atoms with Crippen LogP contribution < -0.4 is 10.0 Å².